The summed E-state index contributed by atoms with van der Waals surface area (Å²) in [4.78, 5) is 0. The van der Waals surface area contributed by atoms with Crippen molar-refractivity contribution in [2.75, 3.05) is 83.0 Å². The molecule has 0 bridgehead atoms. The van der Waals surface area contributed by atoms with E-state index in [2.05, 4.69) is 30.5 Å². The van der Waals surface area contributed by atoms with Gasteiger partial charge < -0.3 is 28.4 Å². The average molecular weight is 495 g/mol. The molecule has 0 amide bonds. The zero-order valence-corrected chi connectivity index (χ0v) is 21.1. The maximum Gasteiger partial charge on any atom is 0.219 e. The number of hydrogen-bond donors (Lipinski definition) is 6. The van der Waals surface area contributed by atoms with Crippen LogP contribution in [-0.4, -0.2) is 83.0 Å². The molecule has 0 radical (unpaired) electrons. The van der Waals surface area contributed by atoms with Crippen LogP contribution in [0.1, 0.15) is 0 Å². The highest BCUT2D eigenvalue weighted by Crippen LogP contribution is 2.70. The summed E-state index contributed by atoms with van der Waals surface area (Å²) in [6.45, 7) is 1.25. The van der Waals surface area contributed by atoms with Gasteiger partial charge in [0.25, 0.3) is 0 Å². The molecule has 0 aromatic carbocycles. The van der Waals surface area contributed by atoms with E-state index in [4.69, 9.17) is 42.0 Å². The Hall–Kier alpha value is 0.210. The van der Waals surface area contributed by atoms with Crippen molar-refractivity contribution < 1.29 is 28.4 Å². The van der Waals surface area contributed by atoms with E-state index in [0.717, 1.165) is 0 Å². The van der Waals surface area contributed by atoms with Gasteiger partial charge in [0.05, 0.1) is 0 Å². The monoisotopic (exact) mass is 495 g/mol. The lowest BCUT2D eigenvalue weighted by molar-refractivity contribution is 0.185. The van der Waals surface area contributed by atoms with Crippen LogP contribution < -0.4 is 30.5 Å². The predicted molar refractivity (Wildman–Crippen MR) is 118 cm³/mol. The molecular weight excluding hydrogens is 459 g/mol. The highest BCUT2D eigenvalue weighted by molar-refractivity contribution is 7.83. The second-order valence-electron chi connectivity index (χ2n) is 5.62. The van der Waals surface area contributed by atoms with Crippen molar-refractivity contribution in [3.63, 3.8) is 0 Å². The van der Waals surface area contributed by atoms with Gasteiger partial charge in [-0.15, -0.1) is 0 Å². The number of methoxy groups -OCH3 is 6. The van der Waals surface area contributed by atoms with E-state index in [-0.39, 0.29) is 40.4 Å². The van der Waals surface area contributed by atoms with E-state index in [1.807, 2.05) is 0 Å². The molecule has 1 rings (SSSR count). The molecule has 0 aromatic rings. The Kier molecular flexibility index (Phi) is 14.2. The molecule has 0 atom stereocenters. The molecule has 6 N–H and O–H groups in total. The fourth-order valence-electron chi connectivity index (χ4n) is 2.09. The lowest BCUT2D eigenvalue weighted by Gasteiger charge is -2.37. The second-order valence-corrected chi connectivity index (χ2v) is 13.3. The molecule has 0 saturated heterocycles. The maximum absolute atomic E-state index is 5.24. The molecule has 1 heterocycles. The third-order valence-electron chi connectivity index (χ3n) is 3.35. The van der Waals surface area contributed by atoms with E-state index in [0.29, 0.717) is 0 Å². The first-order valence-corrected chi connectivity index (χ1v) is 13.9. The summed E-state index contributed by atoms with van der Waals surface area (Å²) in [6, 6.07) is 0. The summed E-state index contributed by atoms with van der Waals surface area (Å²) >= 11 is 0. The Morgan fingerprint density at radius 2 is 0.567 bits per heavy atom. The first-order valence-electron chi connectivity index (χ1n) is 8.84. The van der Waals surface area contributed by atoms with Crippen LogP contribution in [-0.2, 0) is 28.4 Å². The van der Waals surface area contributed by atoms with Gasteiger partial charge in [-0.05, 0) is 0 Å². The Morgan fingerprint density at radius 1 is 0.400 bits per heavy atom. The van der Waals surface area contributed by atoms with Crippen molar-refractivity contribution in [1.29, 1.82) is 0 Å². The standard InChI is InChI=1S/C12H36N9O6P3/c1-22-7-13-28(14-8-23-2)19-29(15-9-24-3,16-10-25-4)21-30(20-28,17-11-26-5)18-12-27-6/h13-18H,7-12H2,1-6H3. The zero-order chi connectivity index (χ0) is 22.3. The third-order valence-corrected chi connectivity index (χ3v) is 13.0. The molecule has 0 spiro atoms. The van der Waals surface area contributed by atoms with Crippen LogP contribution in [0, 0.1) is 0 Å². The Balaban J connectivity index is 3.71. The van der Waals surface area contributed by atoms with Crippen molar-refractivity contribution >= 4 is 22.5 Å². The van der Waals surface area contributed by atoms with Gasteiger partial charge in [0.15, 0.2) is 0 Å². The Labute approximate surface area is 178 Å². The van der Waals surface area contributed by atoms with E-state index in [9.17, 15) is 0 Å². The van der Waals surface area contributed by atoms with Crippen LogP contribution in [0.25, 0.3) is 0 Å². The van der Waals surface area contributed by atoms with Gasteiger partial charge in [-0.25, -0.2) is 30.5 Å². The van der Waals surface area contributed by atoms with Crippen molar-refractivity contribution in [1.82, 2.24) is 30.5 Å². The minimum Gasteiger partial charge on any atom is -0.369 e. The van der Waals surface area contributed by atoms with Crippen molar-refractivity contribution in [2.24, 2.45) is 13.5 Å². The molecule has 0 fully saturated rings. The van der Waals surface area contributed by atoms with E-state index in [1.54, 1.807) is 42.7 Å². The predicted octanol–water partition coefficient (Wildman–Crippen LogP) is 1.000. The summed E-state index contributed by atoms with van der Waals surface area (Å²) in [6.07, 6.45) is 0. The second kappa shape index (κ2) is 15.1. The van der Waals surface area contributed by atoms with Crippen LogP contribution in [0.2, 0.25) is 0 Å². The van der Waals surface area contributed by atoms with Gasteiger partial charge in [-0.2, -0.15) is 13.5 Å². The molecule has 180 valence electrons. The number of hydrogen-bond acceptors (Lipinski definition) is 15. The average Bonchev–Trinajstić information content (AvgIpc) is 2.76. The van der Waals surface area contributed by atoms with Gasteiger partial charge in [0.2, 0.25) is 22.5 Å². The molecule has 1 aliphatic heterocycles. The van der Waals surface area contributed by atoms with Crippen LogP contribution >= 0.6 is 22.5 Å². The van der Waals surface area contributed by atoms with Crippen LogP contribution in [0.3, 0.4) is 0 Å². The van der Waals surface area contributed by atoms with Crippen LogP contribution in [0.5, 0.6) is 0 Å². The molecule has 0 aromatic heterocycles. The minimum absolute atomic E-state index is 0.209. The van der Waals surface area contributed by atoms with Gasteiger partial charge in [0, 0.05) is 42.7 Å². The fraction of sp³-hybridized carbons (Fsp3) is 1.00. The van der Waals surface area contributed by atoms with Crippen molar-refractivity contribution in [3.8, 4) is 0 Å². The Morgan fingerprint density at radius 3 is 0.700 bits per heavy atom. The van der Waals surface area contributed by atoms with Crippen LogP contribution in [0.4, 0.5) is 0 Å². The largest absolute Gasteiger partial charge is 0.369 e. The lowest BCUT2D eigenvalue weighted by Crippen LogP contribution is -2.33. The number of nitrogens with zero attached hydrogens (tertiary/aromatic N) is 3. The molecule has 18 heteroatoms. The maximum atomic E-state index is 5.24. The summed E-state index contributed by atoms with van der Waals surface area (Å²) < 4.78 is 46.4. The Bertz CT molecular complexity index is 515. The quantitative estimate of drug-likeness (QED) is 0.118. The fourth-order valence-corrected chi connectivity index (χ4v) is 13.2. The van der Waals surface area contributed by atoms with E-state index in [1.165, 1.54) is 0 Å². The summed E-state index contributed by atoms with van der Waals surface area (Å²) in [7, 11) is 1.10. The van der Waals surface area contributed by atoms with Gasteiger partial charge in [-0.1, -0.05) is 0 Å². The van der Waals surface area contributed by atoms with Crippen LogP contribution in [0.15, 0.2) is 13.5 Å². The van der Waals surface area contributed by atoms with E-state index < -0.39 is 22.5 Å². The summed E-state index contributed by atoms with van der Waals surface area (Å²) in [5, 5.41) is 19.6. The molecular formula is C12H36N9O6P3. The van der Waals surface area contributed by atoms with E-state index >= 15 is 0 Å². The van der Waals surface area contributed by atoms with Gasteiger partial charge >= 0.3 is 0 Å². The van der Waals surface area contributed by atoms with Crippen molar-refractivity contribution in [3.05, 3.63) is 0 Å². The third kappa shape index (κ3) is 8.99. The topological polar surface area (TPSA) is 165 Å². The van der Waals surface area contributed by atoms with Crippen molar-refractivity contribution in [2.45, 2.75) is 0 Å². The molecule has 15 nitrogen and oxygen atoms in total. The SMILES string of the molecule is COCNP1(NCOC)=NP(NCOC)(NCOC)=NP(NCOC)(NCOC)=N1. The first-order chi connectivity index (χ1) is 14.5. The number of ether oxygens (including phenoxy) is 6. The molecule has 30 heavy (non-hydrogen) atoms. The first kappa shape index (κ1) is 28.2. The molecule has 0 aliphatic carbocycles. The highest BCUT2D eigenvalue weighted by Gasteiger charge is 2.37. The summed E-state index contributed by atoms with van der Waals surface area (Å²) in [5.74, 6) is 0. The normalized spacial score (nSPS) is 19.0. The number of rotatable bonds is 18. The zero-order valence-electron chi connectivity index (χ0n) is 18.4. The summed E-state index contributed by atoms with van der Waals surface area (Å²) in [5.41, 5.74) is 0. The molecule has 1 aliphatic rings. The van der Waals surface area contributed by atoms with Gasteiger partial charge in [0.1, 0.15) is 40.4 Å². The molecule has 0 unspecified atom stereocenters. The molecule has 0 saturated carbocycles. The minimum atomic E-state index is -2.79. The smallest absolute Gasteiger partial charge is 0.219 e. The number of nitrogens with one attached hydrogen (secondary N) is 6. The van der Waals surface area contributed by atoms with Gasteiger partial charge in [-0.3, -0.25) is 0 Å². The highest BCUT2D eigenvalue weighted by atomic mass is 31.3. The lowest BCUT2D eigenvalue weighted by atomic mass is 11.3.